The van der Waals surface area contributed by atoms with Gasteiger partial charge < -0.3 is 37.6 Å². The summed E-state index contributed by atoms with van der Waals surface area (Å²) < 4.78 is 0. The van der Waals surface area contributed by atoms with Crippen LogP contribution in [0.1, 0.15) is 78.3 Å². The van der Waals surface area contributed by atoms with Gasteiger partial charge in [-0.2, -0.15) is 0 Å². The maximum absolute atomic E-state index is 13.7. The Morgan fingerprint density at radius 1 is 1.02 bits per heavy atom. The summed E-state index contributed by atoms with van der Waals surface area (Å²) >= 11 is 0. The minimum absolute atomic E-state index is 0.195. The Morgan fingerprint density at radius 2 is 1.69 bits per heavy atom. The summed E-state index contributed by atoms with van der Waals surface area (Å²) in [6.45, 7) is 8.75. The van der Waals surface area contributed by atoms with E-state index in [-0.39, 0.29) is 25.3 Å². The molecule has 0 bridgehead atoms. The summed E-state index contributed by atoms with van der Waals surface area (Å²) in [5, 5.41) is 24.3. The summed E-state index contributed by atoms with van der Waals surface area (Å²) in [6.07, 6.45) is 1.68. The normalized spacial score (nSPS) is 25.3. The molecule has 5 atom stereocenters. The van der Waals surface area contributed by atoms with Crippen molar-refractivity contribution < 1.29 is 24.0 Å². The molecule has 1 aliphatic heterocycles. The van der Waals surface area contributed by atoms with Gasteiger partial charge in [0, 0.05) is 12.5 Å². The first kappa shape index (κ1) is 34.0. The Balaban J connectivity index is 2.52. The fourth-order valence-corrected chi connectivity index (χ4v) is 4.64. The van der Waals surface area contributed by atoms with E-state index in [9.17, 15) is 24.0 Å². The Labute approximate surface area is 247 Å². The van der Waals surface area contributed by atoms with Crippen LogP contribution in [-0.4, -0.2) is 65.7 Å². The number of hydrogen-bond donors (Lipinski definition) is 8. The van der Waals surface area contributed by atoms with Gasteiger partial charge in [0.1, 0.15) is 23.7 Å². The lowest BCUT2D eigenvalue weighted by molar-refractivity contribution is -0.138. The van der Waals surface area contributed by atoms with Crippen molar-refractivity contribution in [3.05, 3.63) is 35.9 Å². The molecule has 0 aliphatic carbocycles. The van der Waals surface area contributed by atoms with Crippen LogP contribution in [0.3, 0.4) is 0 Å². The predicted octanol–water partition coefficient (Wildman–Crippen LogP) is 0.316. The molecule has 5 amide bonds. The first-order chi connectivity index (χ1) is 19.8. The second-order valence-electron chi connectivity index (χ2n) is 11.1. The number of guanidine groups is 1. The van der Waals surface area contributed by atoms with Crippen LogP contribution in [0, 0.1) is 11.3 Å². The Kier molecular flexibility index (Phi) is 12.8. The third kappa shape index (κ3) is 9.45. The summed E-state index contributed by atoms with van der Waals surface area (Å²) in [6, 6.07) is 4.72. The standard InChI is InChI=1S/C29H46N8O5/c1-6-19(34-28(30)31)22-26(41)33-20(7-2)24(39)35-21(18-13-9-8-10-14-18)25(40)32-16-12-11-15-29(5,27(42)36-22)37-23(38)17(3)4/h8-10,13-14,17,19-22H,6-7,11-12,15-16H2,1-5H3,(H,32,40)(H,33,41)(H,35,39)(H,36,42)(H,37,38)(H4,30,31,34)/t19?,20-,21+,22-,29+/m1/s1. The van der Waals surface area contributed by atoms with Crippen molar-refractivity contribution in [3.8, 4) is 0 Å². The predicted molar refractivity (Wildman–Crippen MR) is 159 cm³/mol. The van der Waals surface area contributed by atoms with Crippen LogP contribution < -0.4 is 37.6 Å². The van der Waals surface area contributed by atoms with Crippen molar-refractivity contribution in [1.29, 1.82) is 5.41 Å². The van der Waals surface area contributed by atoms with E-state index in [1.165, 1.54) is 0 Å². The summed E-state index contributed by atoms with van der Waals surface area (Å²) in [4.78, 5) is 66.7. The average Bonchev–Trinajstić information content (AvgIpc) is 2.95. The van der Waals surface area contributed by atoms with Gasteiger partial charge in [-0.3, -0.25) is 29.4 Å². The number of rotatable bonds is 7. The highest BCUT2D eigenvalue weighted by molar-refractivity contribution is 5.97. The van der Waals surface area contributed by atoms with Crippen molar-refractivity contribution >= 4 is 35.5 Å². The van der Waals surface area contributed by atoms with Crippen LogP contribution in [-0.2, 0) is 24.0 Å². The molecule has 13 nitrogen and oxygen atoms in total. The van der Waals surface area contributed by atoms with Crippen LogP contribution in [0.4, 0.5) is 0 Å². The molecule has 2 rings (SSSR count). The SMILES string of the molecule is CCC(NC(=N)N)[C@H]1NC(=O)[C@@](C)(NC(=O)C(C)C)CCCCNC(=O)[C@H](c2ccccc2)NC(=O)[C@@H](CC)NC1=O. The molecule has 1 saturated heterocycles. The number of benzene rings is 1. The van der Waals surface area contributed by atoms with Gasteiger partial charge in [-0.25, -0.2) is 0 Å². The molecule has 1 aromatic carbocycles. The minimum atomic E-state index is -1.39. The zero-order valence-electron chi connectivity index (χ0n) is 25.1. The van der Waals surface area contributed by atoms with Gasteiger partial charge >= 0.3 is 0 Å². The molecular formula is C29H46N8O5. The molecule has 1 heterocycles. The molecule has 9 N–H and O–H groups in total. The largest absolute Gasteiger partial charge is 0.370 e. The van der Waals surface area contributed by atoms with E-state index in [0.29, 0.717) is 24.8 Å². The van der Waals surface area contributed by atoms with E-state index in [0.717, 1.165) is 0 Å². The van der Waals surface area contributed by atoms with Gasteiger partial charge in [-0.05, 0) is 44.6 Å². The Hall–Kier alpha value is -4.16. The number of hydrogen-bond acceptors (Lipinski definition) is 6. The van der Waals surface area contributed by atoms with Crippen molar-refractivity contribution in [1.82, 2.24) is 31.9 Å². The zero-order chi connectivity index (χ0) is 31.4. The van der Waals surface area contributed by atoms with Gasteiger partial charge in [0.25, 0.3) is 0 Å². The molecule has 1 fully saturated rings. The van der Waals surface area contributed by atoms with Crippen LogP contribution in [0.15, 0.2) is 30.3 Å². The first-order valence-electron chi connectivity index (χ1n) is 14.5. The smallest absolute Gasteiger partial charge is 0.247 e. The van der Waals surface area contributed by atoms with E-state index >= 15 is 0 Å². The molecule has 0 spiro atoms. The molecule has 0 radical (unpaired) electrons. The first-order valence-corrected chi connectivity index (χ1v) is 14.5. The van der Waals surface area contributed by atoms with Crippen LogP contribution >= 0.6 is 0 Å². The van der Waals surface area contributed by atoms with Gasteiger partial charge in [-0.15, -0.1) is 0 Å². The second kappa shape index (κ2) is 15.7. The Morgan fingerprint density at radius 3 is 2.26 bits per heavy atom. The number of nitrogens with one attached hydrogen (secondary N) is 7. The van der Waals surface area contributed by atoms with E-state index in [2.05, 4.69) is 31.9 Å². The number of carbonyl (C=O) groups excluding carboxylic acids is 5. The van der Waals surface area contributed by atoms with E-state index in [4.69, 9.17) is 11.1 Å². The average molecular weight is 587 g/mol. The highest BCUT2D eigenvalue weighted by Crippen LogP contribution is 2.18. The maximum Gasteiger partial charge on any atom is 0.247 e. The molecule has 1 aliphatic rings. The molecular weight excluding hydrogens is 540 g/mol. The quantitative estimate of drug-likeness (QED) is 0.166. The lowest BCUT2D eigenvalue weighted by Crippen LogP contribution is -2.66. The van der Waals surface area contributed by atoms with Gasteiger partial charge in [0.15, 0.2) is 5.96 Å². The molecule has 232 valence electrons. The van der Waals surface area contributed by atoms with Crippen LogP contribution in [0.5, 0.6) is 0 Å². The molecule has 42 heavy (non-hydrogen) atoms. The third-order valence-corrected chi connectivity index (χ3v) is 7.30. The minimum Gasteiger partial charge on any atom is -0.370 e. The van der Waals surface area contributed by atoms with E-state index in [1.807, 2.05) is 0 Å². The number of carbonyl (C=O) groups is 5. The summed E-state index contributed by atoms with van der Waals surface area (Å²) in [7, 11) is 0. The van der Waals surface area contributed by atoms with Crippen LogP contribution in [0.25, 0.3) is 0 Å². The second-order valence-corrected chi connectivity index (χ2v) is 11.1. The lowest BCUT2D eigenvalue weighted by Gasteiger charge is -2.35. The molecule has 0 aromatic heterocycles. The highest BCUT2D eigenvalue weighted by atomic mass is 16.2. The molecule has 13 heteroatoms. The van der Waals surface area contributed by atoms with E-state index < -0.39 is 65.2 Å². The van der Waals surface area contributed by atoms with Crippen molar-refractivity contribution in [2.24, 2.45) is 11.7 Å². The fourth-order valence-electron chi connectivity index (χ4n) is 4.64. The highest BCUT2D eigenvalue weighted by Gasteiger charge is 2.40. The monoisotopic (exact) mass is 586 g/mol. The van der Waals surface area contributed by atoms with Crippen molar-refractivity contribution in [2.45, 2.75) is 96.4 Å². The zero-order valence-corrected chi connectivity index (χ0v) is 25.1. The third-order valence-electron chi connectivity index (χ3n) is 7.30. The summed E-state index contributed by atoms with van der Waals surface area (Å²) in [5.41, 5.74) is 4.77. The molecule has 1 unspecified atom stereocenters. The van der Waals surface area contributed by atoms with Gasteiger partial charge in [0.05, 0.1) is 6.04 Å². The van der Waals surface area contributed by atoms with Crippen LogP contribution in [0.2, 0.25) is 0 Å². The molecule has 0 saturated carbocycles. The summed E-state index contributed by atoms with van der Waals surface area (Å²) in [5.74, 6) is -3.39. The Bertz CT molecular complexity index is 1130. The number of amides is 5. The molecule has 1 aromatic rings. The number of nitrogens with two attached hydrogens (primary N) is 1. The maximum atomic E-state index is 13.7. The lowest BCUT2D eigenvalue weighted by atomic mass is 9.91. The van der Waals surface area contributed by atoms with Crippen molar-refractivity contribution in [2.75, 3.05) is 6.54 Å². The van der Waals surface area contributed by atoms with Crippen molar-refractivity contribution in [3.63, 3.8) is 0 Å². The fraction of sp³-hybridized carbons (Fsp3) is 0.586. The van der Waals surface area contributed by atoms with Gasteiger partial charge in [-0.1, -0.05) is 58.0 Å². The van der Waals surface area contributed by atoms with Gasteiger partial charge in [0.2, 0.25) is 29.5 Å². The topological polar surface area (TPSA) is 207 Å². The van der Waals surface area contributed by atoms with E-state index in [1.54, 1.807) is 65.0 Å².